The van der Waals surface area contributed by atoms with Crippen molar-refractivity contribution in [3.8, 4) is 0 Å². The second kappa shape index (κ2) is 2.79. The van der Waals surface area contributed by atoms with E-state index in [-0.39, 0.29) is 18.8 Å². The Bertz CT molecular complexity index is 163. The summed E-state index contributed by atoms with van der Waals surface area (Å²) in [5, 5.41) is 0. The van der Waals surface area contributed by atoms with Crippen molar-refractivity contribution < 1.29 is 19.1 Å². The molecule has 0 amide bonds. The summed E-state index contributed by atoms with van der Waals surface area (Å²) in [4.78, 5) is 21.2. The van der Waals surface area contributed by atoms with Gasteiger partial charge in [0, 0.05) is 6.42 Å². The quantitative estimate of drug-likeness (QED) is 0.466. The Kier molecular flexibility index (Phi) is 2.01. The van der Waals surface area contributed by atoms with Crippen molar-refractivity contribution in [3.05, 3.63) is 0 Å². The van der Waals surface area contributed by atoms with Crippen LogP contribution in [0.1, 0.15) is 6.42 Å². The molecule has 0 unspecified atom stereocenters. The van der Waals surface area contributed by atoms with Gasteiger partial charge >= 0.3 is 5.97 Å². The van der Waals surface area contributed by atoms with E-state index < -0.39 is 12.1 Å². The number of esters is 1. The molecule has 56 valence electrons. The second-order valence-corrected chi connectivity index (χ2v) is 2.07. The monoisotopic (exact) mass is 144 g/mol. The molecule has 0 aromatic heterocycles. The fourth-order valence-corrected chi connectivity index (χ4v) is 0.801. The van der Waals surface area contributed by atoms with Crippen LogP contribution in [0.15, 0.2) is 0 Å². The first-order valence-electron chi connectivity index (χ1n) is 2.95. The van der Waals surface area contributed by atoms with Crippen molar-refractivity contribution >= 4 is 11.8 Å². The van der Waals surface area contributed by atoms with Gasteiger partial charge in [-0.2, -0.15) is 0 Å². The molecule has 1 rings (SSSR count). The molecule has 0 saturated carbocycles. The lowest BCUT2D eigenvalue weighted by atomic mass is 10.2. The van der Waals surface area contributed by atoms with Crippen LogP contribution < -0.4 is 0 Å². The molecule has 1 heterocycles. The minimum Gasteiger partial charge on any atom is -0.467 e. The lowest BCUT2D eigenvalue weighted by Crippen LogP contribution is -2.20. The average Bonchev–Trinajstić information content (AvgIpc) is 2.34. The summed E-state index contributed by atoms with van der Waals surface area (Å²) in [6, 6.07) is 0. The Morgan fingerprint density at radius 1 is 1.80 bits per heavy atom. The third-order valence-corrected chi connectivity index (χ3v) is 1.32. The summed E-state index contributed by atoms with van der Waals surface area (Å²) in [6.45, 7) is 0.0414. The minimum atomic E-state index is -0.655. The predicted molar refractivity (Wildman–Crippen MR) is 31.4 cm³/mol. The van der Waals surface area contributed by atoms with Gasteiger partial charge in [-0.15, -0.1) is 0 Å². The second-order valence-electron chi connectivity index (χ2n) is 2.07. The van der Waals surface area contributed by atoms with E-state index in [1.165, 1.54) is 7.11 Å². The molecule has 10 heavy (non-hydrogen) atoms. The third kappa shape index (κ3) is 1.33. The van der Waals surface area contributed by atoms with Crippen molar-refractivity contribution in [2.75, 3.05) is 13.7 Å². The molecule has 1 aliphatic heterocycles. The highest BCUT2D eigenvalue weighted by atomic mass is 16.6. The van der Waals surface area contributed by atoms with Crippen molar-refractivity contribution in [1.29, 1.82) is 0 Å². The van der Waals surface area contributed by atoms with E-state index in [4.69, 9.17) is 4.74 Å². The van der Waals surface area contributed by atoms with Crippen LogP contribution in [0.2, 0.25) is 0 Å². The molecule has 0 aromatic rings. The lowest BCUT2D eigenvalue weighted by molar-refractivity contribution is -0.151. The predicted octanol–water partition coefficient (Wildman–Crippen LogP) is -0.483. The van der Waals surface area contributed by atoms with Gasteiger partial charge in [0.1, 0.15) is 6.61 Å². The maximum absolute atomic E-state index is 10.7. The van der Waals surface area contributed by atoms with E-state index in [9.17, 15) is 9.59 Å². The summed E-state index contributed by atoms with van der Waals surface area (Å²) >= 11 is 0. The highest BCUT2D eigenvalue weighted by Crippen LogP contribution is 2.09. The molecule has 0 radical (unpaired) electrons. The van der Waals surface area contributed by atoms with Crippen LogP contribution in [-0.2, 0) is 19.1 Å². The highest BCUT2D eigenvalue weighted by Gasteiger charge is 2.29. The summed E-state index contributed by atoms with van der Waals surface area (Å²) in [7, 11) is 1.27. The zero-order chi connectivity index (χ0) is 7.56. The smallest absolute Gasteiger partial charge is 0.335 e. The number of methoxy groups -OCH3 is 1. The van der Waals surface area contributed by atoms with Gasteiger partial charge in [-0.05, 0) is 0 Å². The SMILES string of the molecule is COC(=O)[C@@H]1CC(=O)CO1. The molecule has 1 saturated heterocycles. The molecule has 4 heteroatoms. The standard InChI is InChI=1S/C6H8O4/c1-9-6(8)5-2-4(7)3-10-5/h5H,2-3H2,1H3/t5-/m0/s1. The van der Waals surface area contributed by atoms with Crippen LogP contribution >= 0.6 is 0 Å². The molecule has 1 aliphatic rings. The molecular formula is C6H8O4. The first-order chi connectivity index (χ1) is 4.74. The van der Waals surface area contributed by atoms with Crippen molar-refractivity contribution in [3.63, 3.8) is 0 Å². The molecule has 1 atom stereocenters. The molecule has 0 bridgehead atoms. The summed E-state index contributed by atoms with van der Waals surface area (Å²) < 4.78 is 9.16. The lowest BCUT2D eigenvalue weighted by Gasteiger charge is -2.03. The van der Waals surface area contributed by atoms with E-state index in [1.807, 2.05) is 0 Å². The zero-order valence-corrected chi connectivity index (χ0v) is 5.62. The summed E-state index contributed by atoms with van der Waals surface area (Å²) in [5.74, 6) is -0.513. The third-order valence-electron chi connectivity index (χ3n) is 1.32. The van der Waals surface area contributed by atoms with Gasteiger partial charge in [-0.3, -0.25) is 4.79 Å². The maximum Gasteiger partial charge on any atom is 0.335 e. The number of rotatable bonds is 1. The Labute approximate surface area is 58.1 Å². The Balaban J connectivity index is 2.44. The number of Topliss-reactive ketones (excluding diaryl/α,β-unsaturated/α-hetero) is 1. The van der Waals surface area contributed by atoms with Crippen molar-refractivity contribution in [2.45, 2.75) is 12.5 Å². The Morgan fingerprint density at radius 2 is 2.50 bits per heavy atom. The molecule has 0 aliphatic carbocycles. The van der Waals surface area contributed by atoms with Crippen LogP contribution in [0.3, 0.4) is 0 Å². The fourth-order valence-electron chi connectivity index (χ4n) is 0.801. The van der Waals surface area contributed by atoms with Gasteiger partial charge < -0.3 is 9.47 Å². The van der Waals surface area contributed by atoms with Gasteiger partial charge in [0.15, 0.2) is 11.9 Å². The topological polar surface area (TPSA) is 52.6 Å². The van der Waals surface area contributed by atoms with Crippen LogP contribution in [0, 0.1) is 0 Å². The van der Waals surface area contributed by atoms with Gasteiger partial charge in [-0.25, -0.2) is 4.79 Å². The summed E-state index contributed by atoms with van der Waals surface area (Å²) in [5.41, 5.74) is 0. The highest BCUT2D eigenvalue weighted by molar-refractivity contribution is 5.89. The Morgan fingerprint density at radius 3 is 2.90 bits per heavy atom. The maximum atomic E-state index is 10.7. The number of carbonyl (C=O) groups excluding carboxylic acids is 2. The normalized spacial score (nSPS) is 24.9. The molecular weight excluding hydrogens is 136 g/mol. The summed E-state index contributed by atoms with van der Waals surface area (Å²) in [6.07, 6.45) is -0.496. The van der Waals surface area contributed by atoms with Crippen LogP contribution in [0.25, 0.3) is 0 Å². The number of hydrogen-bond donors (Lipinski definition) is 0. The van der Waals surface area contributed by atoms with Crippen LogP contribution in [0.5, 0.6) is 0 Å². The number of hydrogen-bond acceptors (Lipinski definition) is 4. The molecule has 0 spiro atoms. The van der Waals surface area contributed by atoms with Crippen molar-refractivity contribution in [2.24, 2.45) is 0 Å². The van der Waals surface area contributed by atoms with E-state index >= 15 is 0 Å². The molecule has 1 fully saturated rings. The van der Waals surface area contributed by atoms with Gasteiger partial charge in [0.2, 0.25) is 0 Å². The van der Waals surface area contributed by atoms with Gasteiger partial charge in [0.05, 0.1) is 7.11 Å². The largest absolute Gasteiger partial charge is 0.467 e. The van der Waals surface area contributed by atoms with Crippen LogP contribution in [0.4, 0.5) is 0 Å². The van der Waals surface area contributed by atoms with Crippen LogP contribution in [-0.4, -0.2) is 31.6 Å². The van der Waals surface area contributed by atoms with Gasteiger partial charge in [-0.1, -0.05) is 0 Å². The number of carbonyl (C=O) groups is 2. The van der Waals surface area contributed by atoms with E-state index in [0.717, 1.165) is 0 Å². The first kappa shape index (κ1) is 7.21. The van der Waals surface area contributed by atoms with Gasteiger partial charge in [0.25, 0.3) is 0 Å². The minimum absolute atomic E-state index is 0.0414. The average molecular weight is 144 g/mol. The van der Waals surface area contributed by atoms with E-state index in [1.54, 1.807) is 0 Å². The zero-order valence-electron chi connectivity index (χ0n) is 5.62. The fraction of sp³-hybridized carbons (Fsp3) is 0.667. The van der Waals surface area contributed by atoms with E-state index in [2.05, 4.69) is 4.74 Å². The number of ether oxygens (including phenoxy) is 2. The molecule has 0 N–H and O–H groups in total. The van der Waals surface area contributed by atoms with Crippen molar-refractivity contribution in [1.82, 2.24) is 0 Å². The molecule has 4 nitrogen and oxygen atoms in total. The first-order valence-corrected chi connectivity index (χ1v) is 2.95. The Hall–Kier alpha value is -0.900. The van der Waals surface area contributed by atoms with E-state index in [0.29, 0.717) is 0 Å². The number of ketones is 1. The molecule has 0 aromatic carbocycles.